The number of benzene rings is 2. The van der Waals surface area contributed by atoms with Crippen LogP contribution in [0.3, 0.4) is 0 Å². The number of para-hydroxylation sites is 1. The van der Waals surface area contributed by atoms with Gasteiger partial charge in [-0.05, 0) is 49.6 Å². The first kappa shape index (κ1) is 19.7. The molecular formula is C23H23ClN2O3. The Labute approximate surface area is 175 Å². The van der Waals surface area contributed by atoms with Crippen LogP contribution in [0.1, 0.15) is 25.0 Å². The predicted octanol–water partition coefficient (Wildman–Crippen LogP) is 3.91. The summed E-state index contributed by atoms with van der Waals surface area (Å²) in [5, 5.41) is 0.585. The van der Waals surface area contributed by atoms with Crippen molar-refractivity contribution in [3.63, 3.8) is 0 Å². The van der Waals surface area contributed by atoms with Crippen molar-refractivity contribution >= 4 is 34.7 Å². The lowest BCUT2D eigenvalue weighted by molar-refractivity contribution is -0.138. The summed E-state index contributed by atoms with van der Waals surface area (Å²) in [5.41, 5.74) is 3.71. The van der Waals surface area contributed by atoms with Gasteiger partial charge in [0.25, 0.3) is 11.8 Å². The van der Waals surface area contributed by atoms with Crippen LogP contribution in [-0.2, 0) is 20.7 Å². The molecule has 2 aromatic rings. The van der Waals surface area contributed by atoms with Gasteiger partial charge in [0.05, 0.1) is 24.8 Å². The molecule has 2 aliphatic heterocycles. The van der Waals surface area contributed by atoms with Gasteiger partial charge in [-0.2, -0.15) is 0 Å². The second kappa shape index (κ2) is 8.01. The van der Waals surface area contributed by atoms with E-state index in [1.165, 1.54) is 10.5 Å². The molecule has 0 saturated heterocycles. The topological polar surface area (TPSA) is 49.9 Å². The highest BCUT2D eigenvalue weighted by molar-refractivity contribution is 6.37. The number of hydrogen-bond donors (Lipinski definition) is 0. The number of halogens is 1. The zero-order chi connectivity index (χ0) is 20.5. The lowest BCUT2D eigenvalue weighted by Crippen LogP contribution is -2.37. The van der Waals surface area contributed by atoms with Gasteiger partial charge in [-0.3, -0.25) is 14.5 Å². The highest BCUT2D eigenvalue weighted by Crippen LogP contribution is 2.38. The smallest absolute Gasteiger partial charge is 0.278 e. The number of amides is 2. The molecule has 2 aromatic carbocycles. The van der Waals surface area contributed by atoms with E-state index in [0.717, 1.165) is 12.1 Å². The molecule has 6 heteroatoms. The maximum absolute atomic E-state index is 13.4. The zero-order valence-electron chi connectivity index (χ0n) is 16.5. The summed E-state index contributed by atoms with van der Waals surface area (Å²) in [5.74, 6) is -0.562. The van der Waals surface area contributed by atoms with E-state index in [9.17, 15) is 9.59 Å². The molecular weight excluding hydrogens is 388 g/mol. The van der Waals surface area contributed by atoms with Crippen LogP contribution in [0.2, 0.25) is 5.02 Å². The number of carbonyl (C=O) groups excluding carboxylic acids is 2. The SMILES string of the molecule is CC(C)OCCN1C(=O)C(c2ccc(Cl)cc2)=C(N2CCc3ccccc32)C1=O. The van der Waals surface area contributed by atoms with Crippen molar-refractivity contribution in [1.82, 2.24) is 4.90 Å². The van der Waals surface area contributed by atoms with Gasteiger partial charge in [0.2, 0.25) is 0 Å². The third-order valence-electron chi connectivity index (χ3n) is 5.20. The Morgan fingerprint density at radius 2 is 1.76 bits per heavy atom. The van der Waals surface area contributed by atoms with Crippen molar-refractivity contribution in [1.29, 1.82) is 0 Å². The van der Waals surface area contributed by atoms with Crippen LogP contribution in [0.5, 0.6) is 0 Å². The molecule has 0 spiro atoms. The molecule has 5 nitrogen and oxygen atoms in total. The quantitative estimate of drug-likeness (QED) is 0.677. The van der Waals surface area contributed by atoms with Gasteiger partial charge in [-0.15, -0.1) is 0 Å². The Bertz CT molecular complexity index is 982. The first-order chi connectivity index (χ1) is 14.0. The first-order valence-corrected chi connectivity index (χ1v) is 10.2. The molecule has 150 valence electrons. The Kier molecular flexibility index (Phi) is 5.43. The summed E-state index contributed by atoms with van der Waals surface area (Å²) in [7, 11) is 0. The van der Waals surface area contributed by atoms with Crippen LogP contribution in [0.15, 0.2) is 54.2 Å². The predicted molar refractivity (Wildman–Crippen MR) is 114 cm³/mol. The molecule has 29 heavy (non-hydrogen) atoms. The van der Waals surface area contributed by atoms with Crippen molar-refractivity contribution in [2.24, 2.45) is 0 Å². The molecule has 0 bridgehead atoms. The minimum absolute atomic E-state index is 0.0384. The fraction of sp³-hybridized carbons (Fsp3) is 0.304. The summed E-state index contributed by atoms with van der Waals surface area (Å²) in [6.45, 7) is 5.06. The van der Waals surface area contributed by atoms with E-state index in [-0.39, 0.29) is 24.5 Å². The van der Waals surface area contributed by atoms with Crippen molar-refractivity contribution in [2.75, 3.05) is 24.6 Å². The van der Waals surface area contributed by atoms with E-state index in [0.29, 0.717) is 35.0 Å². The van der Waals surface area contributed by atoms with E-state index in [4.69, 9.17) is 16.3 Å². The van der Waals surface area contributed by atoms with Crippen molar-refractivity contribution in [2.45, 2.75) is 26.4 Å². The summed E-state index contributed by atoms with van der Waals surface area (Å²) < 4.78 is 5.58. The standard InChI is InChI=1S/C23H23ClN2O3/c1-15(2)29-14-13-26-22(27)20(17-7-9-18(24)10-8-17)21(23(26)28)25-12-11-16-5-3-4-6-19(16)25/h3-10,15H,11-14H2,1-2H3. The van der Waals surface area contributed by atoms with Crippen LogP contribution in [-0.4, -0.2) is 42.5 Å². The highest BCUT2D eigenvalue weighted by Gasteiger charge is 2.43. The average Bonchev–Trinajstić information content (AvgIpc) is 3.22. The second-order valence-corrected chi connectivity index (χ2v) is 7.88. The molecule has 0 radical (unpaired) electrons. The number of fused-ring (bicyclic) bond motifs is 1. The molecule has 2 aliphatic rings. The number of hydrogen-bond acceptors (Lipinski definition) is 4. The molecule has 2 amide bonds. The van der Waals surface area contributed by atoms with E-state index in [2.05, 4.69) is 6.07 Å². The largest absolute Gasteiger partial charge is 0.377 e. The second-order valence-electron chi connectivity index (χ2n) is 7.44. The van der Waals surface area contributed by atoms with Crippen molar-refractivity contribution in [3.8, 4) is 0 Å². The normalized spacial score (nSPS) is 16.4. The first-order valence-electron chi connectivity index (χ1n) is 9.81. The highest BCUT2D eigenvalue weighted by atomic mass is 35.5. The zero-order valence-corrected chi connectivity index (χ0v) is 17.3. The number of imide groups is 1. The maximum atomic E-state index is 13.4. The monoisotopic (exact) mass is 410 g/mol. The molecule has 0 aliphatic carbocycles. The van der Waals surface area contributed by atoms with Crippen LogP contribution < -0.4 is 4.90 Å². The van der Waals surface area contributed by atoms with Gasteiger partial charge in [0, 0.05) is 17.3 Å². The summed E-state index contributed by atoms with van der Waals surface area (Å²) in [6, 6.07) is 15.1. The van der Waals surface area contributed by atoms with Gasteiger partial charge in [-0.25, -0.2) is 0 Å². The molecule has 0 fully saturated rings. The fourth-order valence-electron chi connectivity index (χ4n) is 3.84. The van der Waals surface area contributed by atoms with Crippen LogP contribution in [0.25, 0.3) is 5.57 Å². The van der Waals surface area contributed by atoms with Crippen LogP contribution in [0, 0.1) is 0 Å². The fourth-order valence-corrected chi connectivity index (χ4v) is 3.97. The number of rotatable bonds is 6. The van der Waals surface area contributed by atoms with E-state index in [1.54, 1.807) is 24.3 Å². The van der Waals surface area contributed by atoms with E-state index < -0.39 is 0 Å². The minimum Gasteiger partial charge on any atom is -0.377 e. The summed E-state index contributed by atoms with van der Waals surface area (Å²) in [4.78, 5) is 29.9. The van der Waals surface area contributed by atoms with Crippen molar-refractivity contribution < 1.29 is 14.3 Å². The van der Waals surface area contributed by atoms with Gasteiger partial charge in [0.1, 0.15) is 5.70 Å². The van der Waals surface area contributed by atoms with Gasteiger partial charge < -0.3 is 9.64 Å². The average molecular weight is 411 g/mol. The van der Waals surface area contributed by atoms with Gasteiger partial charge in [-0.1, -0.05) is 41.9 Å². The molecule has 0 aromatic heterocycles. The lowest BCUT2D eigenvalue weighted by atomic mass is 10.0. The Hall–Kier alpha value is -2.63. The summed E-state index contributed by atoms with van der Waals surface area (Å²) in [6.07, 6.45) is 0.877. The molecule has 0 saturated carbocycles. The maximum Gasteiger partial charge on any atom is 0.278 e. The molecule has 2 heterocycles. The third-order valence-corrected chi connectivity index (χ3v) is 5.45. The van der Waals surface area contributed by atoms with E-state index in [1.807, 2.05) is 36.9 Å². The number of nitrogens with zero attached hydrogens (tertiary/aromatic N) is 2. The Morgan fingerprint density at radius 3 is 2.48 bits per heavy atom. The van der Waals surface area contributed by atoms with Gasteiger partial charge >= 0.3 is 0 Å². The minimum atomic E-state index is -0.288. The third kappa shape index (κ3) is 3.68. The number of ether oxygens (including phenoxy) is 1. The van der Waals surface area contributed by atoms with Crippen LogP contribution >= 0.6 is 11.6 Å². The molecule has 0 atom stereocenters. The molecule has 0 unspecified atom stereocenters. The van der Waals surface area contributed by atoms with Gasteiger partial charge in [0.15, 0.2) is 0 Å². The number of carbonyl (C=O) groups is 2. The molecule has 4 rings (SSSR count). The van der Waals surface area contributed by atoms with Crippen molar-refractivity contribution in [3.05, 3.63) is 70.4 Å². The summed E-state index contributed by atoms with van der Waals surface area (Å²) >= 11 is 6.04. The van der Waals surface area contributed by atoms with Crippen LogP contribution in [0.4, 0.5) is 5.69 Å². The lowest BCUT2D eigenvalue weighted by Gasteiger charge is -2.22. The Balaban J connectivity index is 1.75. The van der Waals surface area contributed by atoms with E-state index >= 15 is 0 Å². The Morgan fingerprint density at radius 1 is 1.03 bits per heavy atom. The number of anilines is 1. The molecule has 0 N–H and O–H groups in total.